The topological polar surface area (TPSA) is 101 Å². The molecule has 8 nitrogen and oxygen atoms in total. The fraction of sp³-hybridized carbons (Fsp3) is 0.250. The average molecular weight is 360 g/mol. The Hall–Kier alpha value is -2.78. The fourth-order valence-corrected chi connectivity index (χ4v) is 2.77. The molecule has 2 N–H and O–H groups in total. The monoisotopic (exact) mass is 360 g/mol. The molecular formula is C16H16N4O4S. The summed E-state index contributed by atoms with van der Waals surface area (Å²) in [6, 6.07) is 6.49. The van der Waals surface area contributed by atoms with Crippen LogP contribution in [0.25, 0.3) is 0 Å². The first kappa shape index (κ1) is 17.1. The summed E-state index contributed by atoms with van der Waals surface area (Å²) in [6.07, 6.45) is 1.61. The first-order valence-corrected chi connectivity index (χ1v) is 8.46. The SMILES string of the molecule is O=C(CN1CCOCC1=O)Nc1ccc(C(=O)Nc2nccs2)cc1. The van der Waals surface area contributed by atoms with E-state index in [-0.39, 0.29) is 30.9 Å². The van der Waals surface area contributed by atoms with E-state index >= 15 is 0 Å². The summed E-state index contributed by atoms with van der Waals surface area (Å²) in [5.41, 5.74) is 1.01. The molecule has 2 aromatic rings. The zero-order valence-electron chi connectivity index (χ0n) is 13.2. The van der Waals surface area contributed by atoms with Crippen molar-refractivity contribution in [1.29, 1.82) is 0 Å². The van der Waals surface area contributed by atoms with Gasteiger partial charge in [-0.25, -0.2) is 4.98 Å². The van der Waals surface area contributed by atoms with Crippen LogP contribution in [0.15, 0.2) is 35.8 Å². The van der Waals surface area contributed by atoms with E-state index in [1.807, 2.05) is 0 Å². The summed E-state index contributed by atoms with van der Waals surface area (Å²) in [5.74, 6) is -0.766. The van der Waals surface area contributed by atoms with Crippen molar-refractivity contribution in [3.05, 3.63) is 41.4 Å². The number of nitrogens with one attached hydrogen (secondary N) is 2. The standard InChI is InChI=1S/C16H16N4O4S/c21-13(9-20-6-7-24-10-14(20)22)18-12-3-1-11(2-4-12)15(23)19-16-17-5-8-25-16/h1-5,8H,6-7,9-10H2,(H,18,21)(H,17,19,23). The van der Waals surface area contributed by atoms with Gasteiger partial charge in [0.1, 0.15) is 13.2 Å². The number of thiazole rings is 1. The molecule has 1 saturated heterocycles. The summed E-state index contributed by atoms with van der Waals surface area (Å²) in [4.78, 5) is 41.1. The molecule has 0 saturated carbocycles. The Balaban J connectivity index is 1.54. The molecule has 1 aliphatic heterocycles. The zero-order valence-corrected chi connectivity index (χ0v) is 14.0. The lowest BCUT2D eigenvalue weighted by Crippen LogP contribution is -2.45. The van der Waals surface area contributed by atoms with Gasteiger partial charge >= 0.3 is 0 Å². The van der Waals surface area contributed by atoms with Gasteiger partial charge in [0.25, 0.3) is 5.91 Å². The average Bonchev–Trinajstić information content (AvgIpc) is 3.10. The first-order chi connectivity index (χ1) is 12.1. The molecule has 25 heavy (non-hydrogen) atoms. The molecule has 0 unspecified atom stereocenters. The Morgan fingerprint density at radius 2 is 2.04 bits per heavy atom. The number of aromatic nitrogens is 1. The van der Waals surface area contributed by atoms with Crippen LogP contribution in [-0.2, 0) is 14.3 Å². The number of rotatable bonds is 5. The van der Waals surface area contributed by atoms with Crippen LogP contribution in [0.5, 0.6) is 0 Å². The van der Waals surface area contributed by atoms with Crippen LogP contribution < -0.4 is 10.6 Å². The second kappa shape index (κ2) is 7.86. The van der Waals surface area contributed by atoms with Crippen LogP contribution in [0.2, 0.25) is 0 Å². The van der Waals surface area contributed by atoms with E-state index in [9.17, 15) is 14.4 Å². The Morgan fingerprint density at radius 1 is 1.24 bits per heavy atom. The van der Waals surface area contributed by atoms with E-state index in [0.29, 0.717) is 29.5 Å². The molecule has 1 fully saturated rings. The summed E-state index contributed by atoms with van der Waals surface area (Å²) in [6.45, 7) is 0.828. The normalized spacial score (nSPS) is 14.2. The third-order valence-corrected chi connectivity index (χ3v) is 4.19. The lowest BCUT2D eigenvalue weighted by molar-refractivity contribution is -0.144. The minimum Gasteiger partial charge on any atom is -0.370 e. The van der Waals surface area contributed by atoms with Crippen molar-refractivity contribution in [1.82, 2.24) is 9.88 Å². The highest BCUT2D eigenvalue weighted by atomic mass is 32.1. The summed E-state index contributed by atoms with van der Waals surface area (Å²) < 4.78 is 5.02. The summed E-state index contributed by atoms with van der Waals surface area (Å²) in [7, 11) is 0. The summed E-state index contributed by atoms with van der Waals surface area (Å²) >= 11 is 1.33. The molecule has 3 rings (SSSR count). The Labute approximate surface area is 147 Å². The van der Waals surface area contributed by atoms with E-state index < -0.39 is 0 Å². The van der Waals surface area contributed by atoms with Gasteiger partial charge in [-0.2, -0.15) is 0 Å². The van der Waals surface area contributed by atoms with Gasteiger partial charge in [0.15, 0.2) is 5.13 Å². The van der Waals surface area contributed by atoms with Crippen molar-refractivity contribution in [2.75, 3.05) is 36.9 Å². The van der Waals surface area contributed by atoms with Crippen LogP contribution in [0.1, 0.15) is 10.4 Å². The fourth-order valence-electron chi connectivity index (χ4n) is 2.25. The van der Waals surface area contributed by atoms with Crippen LogP contribution in [-0.4, -0.2) is 53.9 Å². The molecule has 2 heterocycles. The Bertz CT molecular complexity index is 761. The van der Waals surface area contributed by atoms with Gasteiger partial charge in [0, 0.05) is 29.4 Å². The Kier molecular flexibility index (Phi) is 5.36. The number of carbonyl (C=O) groups is 3. The number of benzene rings is 1. The maximum atomic E-state index is 12.1. The quantitative estimate of drug-likeness (QED) is 0.834. The van der Waals surface area contributed by atoms with Gasteiger partial charge in [-0.3, -0.25) is 19.7 Å². The van der Waals surface area contributed by atoms with Crippen LogP contribution in [0, 0.1) is 0 Å². The van der Waals surface area contributed by atoms with Crippen molar-refractivity contribution in [2.24, 2.45) is 0 Å². The zero-order chi connectivity index (χ0) is 17.6. The van der Waals surface area contributed by atoms with E-state index in [2.05, 4.69) is 15.6 Å². The molecule has 0 radical (unpaired) electrons. The number of ether oxygens (including phenoxy) is 1. The van der Waals surface area contributed by atoms with Crippen molar-refractivity contribution >= 4 is 39.9 Å². The highest BCUT2D eigenvalue weighted by Crippen LogP contribution is 2.14. The van der Waals surface area contributed by atoms with Crippen molar-refractivity contribution in [2.45, 2.75) is 0 Å². The lowest BCUT2D eigenvalue weighted by atomic mass is 10.2. The molecule has 9 heteroatoms. The minimum atomic E-state index is -0.296. The van der Waals surface area contributed by atoms with Gasteiger partial charge in [-0.15, -0.1) is 11.3 Å². The van der Waals surface area contributed by atoms with Crippen molar-refractivity contribution in [3.8, 4) is 0 Å². The predicted molar refractivity (Wildman–Crippen MR) is 92.5 cm³/mol. The molecule has 0 atom stereocenters. The molecule has 3 amide bonds. The largest absolute Gasteiger partial charge is 0.370 e. The number of carbonyl (C=O) groups excluding carboxylic acids is 3. The Morgan fingerprint density at radius 3 is 2.72 bits per heavy atom. The first-order valence-electron chi connectivity index (χ1n) is 7.58. The second-order valence-electron chi connectivity index (χ2n) is 5.28. The van der Waals surface area contributed by atoms with Gasteiger partial charge in [-0.1, -0.05) is 0 Å². The van der Waals surface area contributed by atoms with Gasteiger partial charge in [0.2, 0.25) is 11.8 Å². The highest BCUT2D eigenvalue weighted by Gasteiger charge is 2.21. The maximum absolute atomic E-state index is 12.1. The maximum Gasteiger partial charge on any atom is 0.257 e. The number of nitrogens with zero attached hydrogens (tertiary/aromatic N) is 2. The molecule has 1 aliphatic rings. The lowest BCUT2D eigenvalue weighted by Gasteiger charge is -2.26. The number of anilines is 2. The molecule has 1 aromatic carbocycles. The van der Waals surface area contributed by atoms with Gasteiger partial charge in [0.05, 0.1) is 6.61 Å². The molecule has 1 aromatic heterocycles. The molecule has 130 valence electrons. The molecular weight excluding hydrogens is 344 g/mol. The van der Waals surface area contributed by atoms with E-state index in [0.717, 1.165) is 0 Å². The molecule has 0 bridgehead atoms. The van der Waals surface area contributed by atoms with Crippen LogP contribution >= 0.6 is 11.3 Å². The third kappa shape index (κ3) is 4.61. The second-order valence-corrected chi connectivity index (χ2v) is 6.18. The van der Waals surface area contributed by atoms with Gasteiger partial charge < -0.3 is 15.0 Å². The number of amides is 3. The van der Waals surface area contributed by atoms with E-state index in [1.54, 1.807) is 35.8 Å². The third-order valence-electron chi connectivity index (χ3n) is 3.50. The van der Waals surface area contributed by atoms with E-state index in [4.69, 9.17) is 4.74 Å². The van der Waals surface area contributed by atoms with Gasteiger partial charge in [-0.05, 0) is 24.3 Å². The van der Waals surface area contributed by atoms with E-state index in [1.165, 1.54) is 16.2 Å². The molecule has 0 spiro atoms. The number of hydrogen-bond acceptors (Lipinski definition) is 6. The predicted octanol–water partition coefficient (Wildman–Crippen LogP) is 1.19. The summed E-state index contributed by atoms with van der Waals surface area (Å²) in [5, 5.41) is 7.69. The number of morpholine rings is 1. The number of hydrogen-bond donors (Lipinski definition) is 2. The van der Waals surface area contributed by atoms with Crippen LogP contribution in [0.3, 0.4) is 0 Å². The van der Waals surface area contributed by atoms with Crippen molar-refractivity contribution in [3.63, 3.8) is 0 Å². The molecule has 0 aliphatic carbocycles. The van der Waals surface area contributed by atoms with Crippen LogP contribution in [0.4, 0.5) is 10.8 Å². The minimum absolute atomic E-state index is 0.0101. The van der Waals surface area contributed by atoms with Crippen molar-refractivity contribution < 1.29 is 19.1 Å². The smallest absolute Gasteiger partial charge is 0.257 e. The highest BCUT2D eigenvalue weighted by molar-refractivity contribution is 7.13.